The fourth-order valence-corrected chi connectivity index (χ4v) is 2.68. The van der Waals surface area contributed by atoms with E-state index in [-0.39, 0.29) is 6.61 Å². The number of benzene rings is 1. The molecule has 0 spiro atoms. The summed E-state index contributed by atoms with van der Waals surface area (Å²) in [4.78, 5) is 24.0. The molecule has 28 heavy (non-hydrogen) atoms. The predicted octanol–water partition coefficient (Wildman–Crippen LogP) is 4.12. The van der Waals surface area contributed by atoms with Crippen LogP contribution in [-0.2, 0) is 20.9 Å². The normalized spacial score (nSPS) is 14.3. The largest absolute Gasteiger partial charge is 0.467 e. The second kappa shape index (κ2) is 12.9. The van der Waals surface area contributed by atoms with Crippen LogP contribution in [0.1, 0.15) is 57.9 Å². The summed E-state index contributed by atoms with van der Waals surface area (Å²) in [6, 6.07) is 8.21. The van der Waals surface area contributed by atoms with Crippen LogP contribution in [-0.4, -0.2) is 35.9 Å². The Morgan fingerprint density at radius 1 is 1.18 bits per heavy atom. The number of carbonyl (C=O) groups is 2. The summed E-state index contributed by atoms with van der Waals surface area (Å²) in [6.07, 6.45) is 8.29. The Kier molecular flexibility index (Phi) is 11.0. The molecule has 0 aliphatic heterocycles. The number of unbranched alkanes of at least 4 members (excludes halogenated alkanes) is 4. The van der Waals surface area contributed by atoms with Gasteiger partial charge in [0.1, 0.15) is 12.6 Å². The number of esters is 1. The number of amides is 1. The molecule has 1 aromatic rings. The van der Waals surface area contributed by atoms with Gasteiger partial charge in [-0.05, 0) is 18.9 Å². The summed E-state index contributed by atoms with van der Waals surface area (Å²) in [6.45, 7) is 3.94. The Balaban J connectivity index is 2.55. The lowest BCUT2D eigenvalue weighted by Gasteiger charge is -2.20. The molecule has 6 nitrogen and oxygen atoms in total. The minimum Gasteiger partial charge on any atom is -0.467 e. The van der Waals surface area contributed by atoms with Crippen LogP contribution < -0.4 is 5.32 Å². The van der Waals surface area contributed by atoms with Crippen molar-refractivity contribution in [1.82, 2.24) is 5.32 Å². The zero-order valence-electron chi connectivity index (χ0n) is 17.1. The van der Waals surface area contributed by atoms with Crippen LogP contribution >= 0.6 is 0 Å². The second-order valence-corrected chi connectivity index (χ2v) is 7.09. The van der Waals surface area contributed by atoms with Gasteiger partial charge < -0.3 is 19.9 Å². The van der Waals surface area contributed by atoms with Crippen LogP contribution in [0.3, 0.4) is 0 Å². The summed E-state index contributed by atoms with van der Waals surface area (Å²) in [5, 5.41) is 12.9. The van der Waals surface area contributed by atoms with Gasteiger partial charge in [0.15, 0.2) is 0 Å². The molecule has 1 rings (SSSR count). The van der Waals surface area contributed by atoms with E-state index in [0.29, 0.717) is 6.42 Å². The molecule has 0 heterocycles. The van der Waals surface area contributed by atoms with E-state index >= 15 is 0 Å². The number of methoxy groups -OCH3 is 1. The molecule has 1 aromatic carbocycles. The maximum Gasteiger partial charge on any atom is 0.408 e. The number of alkyl carbamates (subject to hydrolysis) is 1. The van der Waals surface area contributed by atoms with Gasteiger partial charge in [-0.15, -0.1) is 0 Å². The monoisotopic (exact) mass is 391 g/mol. The van der Waals surface area contributed by atoms with Crippen molar-refractivity contribution >= 4 is 12.1 Å². The summed E-state index contributed by atoms with van der Waals surface area (Å²) in [5.74, 6) is -0.633. The first-order valence-electron chi connectivity index (χ1n) is 9.84. The number of rotatable bonds is 12. The van der Waals surface area contributed by atoms with Gasteiger partial charge in [-0.1, -0.05) is 81.5 Å². The topological polar surface area (TPSA) is 84.9 Å². The highest BCUT2D eigenvalue weighted by molar-refractivity contribution is 5.83. The lowest BCUT2D eigenvalue weighted by Crippen LogP contribution is -2.40. The minimum absolute atomic E-state index is 0.0970. The molecule has 0 fully saturated rings. The molecule has 0 aliphatic rings. The van der Waals surface area contributed by atoms with Crippen LogP contribution in [0, 0.1) is 0 Å². The van der Waals surface area contributed by atoms with Gasteiger partial charge in [-0.25, -0.2) is 9.59 Å². The lowest BCUT2D eigenvalue weighted by atomic mass is 9.96. The summed E-state index contributed by atoms with van der Waals surface area (Å²) in [5.41, 5.74) is -0.220. The number of hydrogen-bond acceptors (Lipinski definition) is 5. The molecule has 1 amide bonds. The van der Waals surface area contributed by atoms with Crippen molar-refractivity contribution < 1.29 is 24.2 Å². The van der Waals surface area contributed by atoms with Crippen molar-refractivity contribution in [2.75, 3.05) is 7.11 Å². The van der Waals surface area contributed by atoms with E-state index in [0.717, 1.165) is 24.8 Å². The number of aliphatic hydroxyl groups is 1. The Labute approximate surface area is 167 Å². The van der Waals surface area contributed by atoms with E-state index in [4.69, 9.17) is 9.47 Å². The average Bonchev–Trinajstić information content (AvgIpc) is 2.69. The van der Waals surface area contributed by atoms with E-state index in [1.54, 1.807) is 6.92 Å². The van der Waals surface area contributed by atoms with Crippen molar-refractivity contribution in [3.05, 3.63) is 48.0 Å². The summed E-state index contributed by atoms with van der Waals surface area (Å²) >= 11 is 0. The van der Waals surface area contributed by atoms with E-state index < -0.39 is 23.7 Å². The molecule has 2 N–H and O–H groups in total. The highest BCUT2D eigenvalue weighted by atomic mass is 16.6. The Bertz CT molecular complexity index is 613. The molecular weight excluding hydrogens is 358 g/mol. The van der Waals surface area contributed by atoms with Crippen molar-refractivity contribution in [3.63, 3.8) is 0 Å². The second-order valence-electron chi connectivity index (χ2n) is 7.09. The Morgan fingerprint density at radius 3 is 2.50 bits per heavy atom. The Hall–Kier alpha value is -2.34. The third kappa shape index (κ3) is 10.1. The molecule has 0 aromatic heterocycles. The quantitative estimate of drug-likeness (QED) is 0.318. The molecular formula is C22H33NO5. The lowest BCUT2D eigenvalue weighted by molar-refractivity contribution is -0.141. The van der Waals surface area contributed by atoms with E-state index in [1.165, 1.54) is 32.1 Å². The van der Waals surface area contributed by atoms with E-state index in [1.807, 2.05) is 30.3 Å². The Morgan fingerprint density at radius 2 is 1.86 bits per heavy atom. The van der Waals surface area contributed by atoms with Crippen LogP contribution in [0.5, 0.6) is 0 Å². The molecule has 156 valence electrons. The maximum atomic E-state index is 12.0. The highest BCUT2D eigenvalue weighted by Gasteiger charge is 2.22. The van der Waals surface area contributed by atoms with Crippen LogP contribution in [0.15, 0.2) is 42.5 Å². The number of ether oxygens (including phenoxy) is 2. The maximum absolute atomic E-state index is 12.0. The van der Waals surface area contributed by atoms with E-state index in [2.05, 4.69) is 12.2 Å². The molecule has 1 unspecified atom stereocenters. The number of hydrogen-bond donors (Lipinski definition) is 2. The molecule has 0 aliphatic carbocycles. The first-order chi connectivity index (χ1) is 13.4. The van der Waals surface area contributed by atoms with Crippen molar-refractivity contribution in [2.24, 2.45) is 0 Å². The van der Waals surface area contributed by atoms with Crippen LogP contribution in [0.25, 0.3) is 0 Å². The van der Waals surface area contributed by atoms with Gasteiger partial charge in [-0.2, -0.15) is 0 Å². The summed E-state index contributed by atoms with van der Waals surface area (Å²) < 4.78 is 9.86. The van der Waals surface area contributed by atoms with Gasteiger partial charge >= 0.3 is 12.1 Å². The fraction of sp³-hybridized carbons (Fsp3) is 0.545. The minimum atomic E-state index is -1.06. The van der Waals surface area contributed by atoms with Crippen LogP contribution in [0.2, 0.25) is 0 Å². The van der Waals surface area contributed by atoms with Crippen molar-refractivity contribution in [3.8, 4) is 0 Å². The predicted molar refractivity (Wildman–Crippen MR) is 109 cm³/mol. The first kappa shape index (κ1) is 23.7. The van der Waals surface area contributed by atoms with Gasteiger partial charge in [0, 0.05) is 0 Å². The van der Waals surface area contributed by atoms with Crippen molar-refractivity contribution in [1.29, 1.82) is 0 Å². The standard InChI is InChI=1S/C22H33NO5/c1-4-5-6-7-11-15-22(2,26)16-14-19(20(24)27-3)23-21(25)28-17-18-12-9-8-10-13-18/h8-10,12-14,16,19,26H,4-7,11,15,17H2,1-3H3,(H,23,25)/b16-14+/t19-,22?/m0/s1. The van der Waals surface area contributed by atoms with Gasteiger partial charge in [0.2, 0.25) is 0 Å². The molecule has 6 heteroatoms. The zero-order chi connectivity index (χ0) is 20.8. The van der Waals surface area contributed by atoms with Crippen molar-refractivity contribution in [2.45, 2.75) is 70.6 Å². The van der Waals surface area contributed by atoms with E-state index in [9.17, 15) is 14.7 Å². The van der Waals surface area contributed by atoms with Gasteiger partial charge in [0.25, 0.3) is 0 Å². The van der Waals surface area contributed by atoms with Gasteiger partial charge in [0.05, 0.1) is 12.7 Å². The zero-order valence-corrected chi connectivity index (χ0v) is 17.1. The molecule has 0 radical (unpaired) electrons. The molecule has 0 saturated heterocycles. The molecule has 0 bridgehead atoms. The first-order valence-corrected chi connectivity index (χ1v) is 9.84. The number of nitrogens with one attached hydrogen (secondary N) is 1. The third-order valence-corrected chi connectivity index (χ3v) is 4.38. The summed E-state index contributed by atoms with van der Waals surface area (Å²) in [7, 11) is 1.24. The molecule has 2 atom stereocenters. The molecule has 0 saturated carbocycles. The number of carbonyl (C=O) groups excluding carboxylic acids is 2. The fourth-order valence-electron chi connectivity index (χ4n) is 2.68. The van der Waals surface area contributed by atoms with Gasteiger partial charge in [-0.3, -0.25) is 0 Å². The SMILES string of the molecule is CCCCCCCC(C)(O)/C=C/[C@H](NC(=O)OCc1ccccc1)C(=O)OC. The third-order valence-electron chi connectivity index (χ3n) is 4.38. The highest BCUT2D eigenvalue weighted by Crippen LogP contribution is 2.17. The average molecular weight is 392 g/mol. The van der Waals surface area contributed by atoms with Crippen LogP contribution in [0.4, 0.5) is 4.79 Å². The smallest absolute Gasteiger partial charge is 0.408 e.